The average Bonchev–Trinajstić information content (AvgIpc) is 2.84. The van der Waals surface area contributed by atoms with Gasteiger partial charge < -0.3 is 5.11 Å². The lowest BCUT2D eigenvalue weighted by Crippen LogP contribution is -2.32. The first kappa shape index (κ1) is 35.0. The molecule has 2 aliphatic carbocycles. The van der Waals surface area contributed by atoms with E-state index >= 15 is 0 Å². The van der Waals surface area contributed by atoms with Gasteiger partial charge in [-0.2, -0.15) is 0 Å². The lowest BCUT2D eigenvalue weighted by atomic mass is 9.67. The number of carbonyl (C=O) groups excluding carboxylic acids is 1. The van der Waals surface area contributed by atoms with E-state index in [2.05, 4.69) is 154 Å². The summed E-state index contributed by atoms with van der Waals surface area (Å²) < 4.78 is 0. The molecular formula is C40H54O2. The Kier molecular flexibility index (Phi) is 13.2. The lowest BCUT2D eigenvalue weighted by molar-refractivity contribution is -0.117. The van der Waals surface area contributed by atoms with Crippen molar-refractivity contribution >= 4 is 5.78 Å². The highest BCUT2D eigenvalue weighted by atomic mass is 16.3. The fraction of sp³-hybridized carbons (Fsp3) is 0.425. The second-order valence-corrected chi connectivity index (χ2v) is 13.6. The second kappa shape index (κ2) is 15.8. The van der Waals surface area contributed by atoms with Gasteiger partial charge in [0, 0.05) is 18.3 Å². The number of ketones is 1. The number of aliphatic hydroxyl groups excluding tert-OH is 1. The maximum absolute atomic E-state index is 11.9. The van der Waals surface area contributed by atoms with Crippen LogP contribution in [-0.4, -0.2) is 17.0 Å². The average molecular weight is 567 g/mol. The van der Waals surface area contributed by atoms with Crippen LogP contribution in [0.1, 0.15) is 82.1 Å². The minimum atomic E-state index is -0.333. The third-order valence-corrected chi connectivity index (χ3v) is 8.24. The Bertz CT molecular complexity index is 1300. The molecule has 0 spiro atoms. The van der Waals surface area contributed by atoms with E-state index in [0.29, 0.717) is 12.3 Å². The van der Waals surface area contributed by atoms with Crippen LogP contribution in [-0.2, 0) is 4.79 Å². The third kappa shape index (κ3) is 11.6. The highest BCUT2D eigenvalue weighted by Gasteiger charge is 2.35. The normalized spacial score (nSPS) is 26.4. The van der Waals surface area contributed by atoms with Crippen molar-refractivity contribution in [3.05, 3.63) is 131 Å². The highest BCUT2D eigenvalue weighted by molar-refractivity contribution is 5.92. The molecule has 0 fully saturated rings. The number of allylic oxidation sites excluding steroid dienone is 21. The van der Waals surface area contributed by atoms with E-state index in [9.17, 15) is 9.90 Å². The van der Waals surface area contributed by atoms with E-state index in [1.54, 1.807) is 6.08 Å². The first-order chi connectivity index (χ1) is 19.6. The molecule has 0 saturated heterocycles. The Hall–Kier alpha value is -3.23. The lowest BCUT2D eigenvalue weighted by Gasteiger charge is -2.38. The quantitative estimate of drug-likeness (QED) is 0.211. The molecule has 42 heavy (non-hydrogen) atoms. The summed E-state index contributed by atoms with van der Waals surface area (Å²) in [6.07, 6.45) is 34.8. The summed E-state index contributed by atoms with van der Waals surface area (Å²) >= 11 is 0. The van der Waals surface area contributed by atoms with Gasteiger partial charge in [0.15, 0.2) is 5.78 Å². The summed E-state index contributed by atoms with van der Waals surface area (Å²) in [5.41, 5.74) is 7.16. The summed E-state index contributed by atoms with van der Waals surface area (Å²) in [5.74, 6) is 0.866. The Morgan fingerprint density at radius 3 is 1.57 bits per heavy atom. The Morgan fingerprint density at radius 1 is 0.690 bits per heavy atom. The van der Waals surface area contributed by atoms with Crippen molar-refractivity contribution in [2.45, 2.75) is 88.2 Å². The molecule has 0 aliphatic heterocycles. The van der Waals surface area contributed by atoms with E-state index in [1.807, 2.05) is 6.08 Å². The first-order valence-corrected chi connectivity index (χ1v) is 15.3. The van der Waals surface area contributed by atoms with Gasteiger partial charge in [-0.15, -0.1) is 0 Å². The van der Waals surface area contributed by atoms with E-state index in [-0.39, 0.29) is 28.6 Å². The van der Waals surface area contributed by atoms with E-state index in [1.165, 1.54) is 27.9 Å². The van der Waals surface area contributed by atoms with Gasteiger partial charge in [0.2, 0.25) is 0 Å². The van der Waals surface area contributed by atoms with Crippen LogP contribution in [0.5, 0.6) is 0 Å². The van der Waals surface area contributed by atoms with Crippen LogP contribution < -0.4 is 0 Å². The van der Waals surface area contributed by atoms with Crippen LogP contribution in [0.15, 0.2) is 131 Å². The fourth-order valence-electron chi connectivity index (χ4n) is 5.98. The van der Waals surface area contributed by atoms with Crippen molar-refractivity contribution in [1.82, 2.24) is 0 Å². The second-order valence-electron chi connectivity index (χ2n) is 13.6. The fourth-order valence-corrected chi connectivity index (χ4v) is 5.98. The maximum Gasteiger partial charge on any atom is 0.156 e. The SMILES string of the molecule is CC(C=CC=C(C)C=CC1C(C)=CC(=O)CC1(C)C)=CC=CC=C(C)C=CC=C(C)C=CC1C(C)=CC(O)CC1(C)C. The minimum absolute atomic E-state index is 0.0422. The van der Waals surface area contributed by atoms with Crippen molar-refractivity contribution in [3.63, 3.8) is 0 Å². The van der Waals surface area contributed by atoms with E-state index < -0.39 is 0 Å². The van der Waals surface area contributed by atoms with Gasteiger partial charge in [-0.25, -0.2) is 0 Å². The smallest absolute Gasteiger partial charge is 0.156 e. The van der Waals surface area contributed by atoms with Crippen molar-refractivity contribution in [3.8, 4) is 0 Å². The van der Waals surface area contributed by atoms with Crippen molar-refractivity contribution in [2.75, 3.05) is 0 Å². The zero-order valence-corrected chi connectivity index (χ0v) is 27.7. The van der Waals surface area contributed by atoms with Gasteiger partial charge in [0.25, 0.3) is 0 Å². The summed E-state index contributed by atoms with van der Waals surface area (Å²) in [6.45, 7) is 21.4. The van der Waals surface area contributed by atoms with Crippen molar-refractivity contribution in [1.29, 1.82) is 0 Å². The Balaban J connectivity index is 1.89. The largest absolute Gasteiger partial charge is 0.389 e. The molecule has 226 valence electrons. The van der Waals surface area contributed by atoms with Crippen molar-refractivity contribution < 1.29 is 9.90 Å². The first-order valence-electron chi connectivity index (χ1n) is 15.3. The molecule has 0 aromatic heterocycles. The number of hydrogen-bond donors (Lipinski definition) is 1. The topological polar surface area (TPSA) is 37.3 Å². The molecule has 2 nitrogen and oxygen atoms in total. The molecule has 0 aromatic carbocycles. The molecule has 3 unspecified atom stereocenters. The standard InChI is InChI=1S/C40H54O2/c1-29(17-13-19-31(3)21-23-37-33(5)25-35(41)27-39(37,7)8)15-11-12-16-30(2)18-14-20-32(4)22-24-38-34(6)26-36(42)28-40(38,9)10/h11-26,35,37-38,41H,27-28H2,1-10H3. The zero-order chi connectivity index (χ0) is 31.5. The van der Waals surface area contributed by atoms with Crippen LogP contribution in [0.25, 0.3) is 0 Å². The number of rotatable bonds is 10. The molecule has 1 N–H and O–H groups in total. The Labute approximate surface area is 256 Å². The molecule has 0 aromatic rings. The summed E-state index contributed by atoms with van der Waals surface area (Å²) in [6, 6.07) is 0. The highest BCUT2D eigenvalue weighted by Crippen LogP contribution is 2.42. The Morgan fingerprint density at radius 2 is 1.12 bits per heavy atom. The zero-order valence-electron chi connectivity index (χ0n) is 27.7. The summed E-state index contributed by atoms with van der Waals surface area (Å²) in [7, 11) is 0. The monoisotopic (exact) mass is 566 g/mol. The molecule has 2 aliphatic rings. The third-order valence-electron chi connectivity index (χ3n) is 8.24. The molecular weight excluding hydrogens is 512 g/mol. The van der Waals surface area contributed by atoms with E-state index in [4.69, 9.17) is 0 Å². The van der Waals surface area contributed by atoms with Crippen LogP contribution >= 0.6 is 0 Å². The molecule has 0 heterocycles. The van der Waals surface area contributed by atoms with Gasteiger partial charge >= 0.3 is 0 Å². The van der Waals surface area contributed by atoms with Crippen LogP contribution in [0.2, 0.25) is 0 Å². The predicted octanol–water partition coefficient (Wildman–Crippen LogP) is 10.5. The number of hydrogen-bond acceptors (Lipinski definition) is 2. The molecule has 0 saturated carbocycles. The van der Waals surface area contributed by atoms with Crippen molar-refractivity contribution in [2.24, 2.45) is 22.7 Å². The summed E-state index contributed by atoms with van der Waals surface area (Å²) in [4.78, 5) is 11.9. The molecule has 0 bridgehead atoms. The molecule has 2 rings (SSSR count). The molecule has 2 heteroatoms. The van der Waals surface area contributed by atoms with Crippen LogP contribution in [0, 0.1) is 22.7 Å². The molecule has 3 atom stereocenters. The van der Waals surface area contributed by atoms with Gasteiger partial charge in [0.05, 0.1) is 6.10 Å². The van der Waals surface area contributed by atoms with Gasteiger partial charge in [0.1, 0.15) is 0 Å². The van der Waals surface area contributed by atoms with Crippen LogP contribution in [0.3, 0.4) is 0 Å². The van der Waals surface area contributed by atoms with Gasteiger partial charge in [-0.05, 0) is 64.9 Å². The maximum atomic E-state index is 11.9. The molecule has 0 amide bonds. The number of aliphatic hydroxyl groups is 1. The summed E-state index contributed by atoms with van der Waals surface area (Å²) in [5, 5.41) is 10.1. The van der Waals surface area contributed by atoms with Crippen LogP contribution in [0.4, 0.5) is 0 Å². The predicted molar refractivity (Wildman–Crippen MR) is 183 cm³/mol. The van der Waals surface area contributed by atoms with E-state index in [0.717, 1.165) is 12.0 Å². The minimum Gasteiger partial charge on any atom is -0.389 e. The van der Waals surface area contributed by atoms with Gasteiger partial charge in [-0.3, -0.25) is 4.79 Å². The number of carbonyl (C=O) groups is 1. The van der Waals surface area contributed by atoms with Gasteiger partial charge in [-0.1, -0.05) is 152 Å². The molecule has 0 radical (unpaired) electrons.